The van der Waals surface area contributed by atoms with Crippen molar-refractivity contribution in [2.45, 2.75) is 57.8 Å². The number of hydrogen-bond donors (Lipinski definition) is 1. The van der Waals surface area contributed by atoms with Crippen molar-refractivity contribution < 1.29 is 0 Å². The summed E-state index contributed by atoms with van der Waals surface area (Å²) in [6.45, 7) is 2.19. The van der Waals surface area contributed by atoms with Crippen LogP contribution in [0.15, 0.2) is 0 Å². The van der Waals surface area contributed by atoms with Crippen LogP contribution in [0.1, 0.15) is 62.1 Å². The molecule has 84 valence electrons. The van der Waals surface area contributed by atoms with Crippen molar-refractivity contribution >= 4 is 16.3 Å². The van der Waals surface area contributed by atoms with Gasteiger partial charge in [0.25, 0.3) is 0 Å². The Hall–Kier alpha value is -0.570. The Morgan fingerprint density at radius 1 is 1.33 bits per heavy atom. The van der Waals surface area contributed by atoms with Gasteiger partial charge in [-0.25, -0.2) is 4.98 Å². The molecule has 0 aliphatic heterocycles. The van der Waals surface area contributed by atoms with Gasteiger partial charge >= 0.3 is 0 Å². The third-order valence-corrected chi connectivity index (χ3v) is 4.14. The Labute approximate surface area is 95.9 Å². The molecule has 2 N–H and O–H groups in total. The van der Waals surface area contributed by atoms with Crippen LogP contribution in [0.4, 0.5) is 5.00 Å². The number of rotatable bonds is 3. The summed E-state index contributed by atoms with van der Waals surface area (Å²) < 4.78 is 0. The number of thiazole rings is 1. The van der Waals surface area contributed by atoms with E-state index < -0.39 is 0 Å². The van der Waals surface area contributed by atoms with Crippen LogP contribution >= 0.6 is 11.3 Å². The zero-order valence-electron chi connectivity index (χ0n) is 9.46. The highest BCUT2D eigenvalue weighted by molar-refractivity contribution is 7.15. The van der Waals surface area contributed by atoms with E-state index in [1.807, 2.05) is 0 Å². The molecule has 1 aromatic rings. The maximum absolute atomic E-state index is 6.06. The van der Waals surface area contributed by atoms with Gasteiger partial charge in [-0.1, -0.05) is 26.2 Å². The molecule has 1 aromatic heterocycles. The molecule has 0 amide bonds. The van der Waals surface area contributed by atoms with E-state index in [1.165, 1.54) is 42.8 Å². The first-order valence-electron chi connectivity index (χ1n) is 6.06. The van der Waals surface area contributed by atoms with Gasteiger partial charge < -0.3 is 5.73 Å². The van der Waals surface area contributed by atoms with E-state index in [4.69, 9.17) is 10.7 Å². The Morgan fingerprint density at radius 2 is 2.07 bits per heavy atom. The van der Waals surface area contributed by atoms with Crippen molar-refractivity contribution in [1.29, 1.82) is 0 Å². The zero-order chi connectivity index (χ0) is 10.7. The fourth-order valence-corrected chi connectivity index (χ4v) is 3.40. The zero-order valence-corrected chi connectivity index (χ0v) is 10.3. The maximum atomic E-state index is 6.06. The molecular weight excluding hydrogens is 204 g/mol. The Morgan fingerprint density at radius 3 is 2.73 bits per heavy atom. The van der Waals surface area contributed by atoms with Crippen LogP contribution in [0.2, 0.25) is 0 Å². The summed E-state index contributed by atoms with van der Waals surface area (Å²) in [7, 11) is 0. The highest BCUT2D eigenvalue weighted by atomic mass is 32.1. The van der Waals surface area contributed by atoms with Gasteiger partial charge in [0.1, 0.15) is 5.00 Å². The van der Waals surface area contributed by atoms with Gasteiger partial charge in [-0.2, -0.15) is 0 Å². The largest absolute Gasteiger partial charge is 0.389 e. The molecular formula is C12H20N2S. The van der Waals surface area contributed by atoms with E-state index in [0.29, 0.717) is 5.92 Å². The lowest BCUT2D eigenvalue weighted by Gasteiger charge is -2.20. The Bertz CT molecular complexity index is 313. The molecule has 1 aliphatic rings. The summed E-state index contributed by atoms with van der Waals surface area (Å²) in [5.74, 6) is 0.653. The normalized spacial score (nSPS) is 18.2. The average molecular weight is 224 g/mol. The highest BCUT2D eigenvalue weighted by Crippen LogP contribution is 2.37. The summed E-state index contributed by atoms with van der Waals surface area (Å²) in [6.07, 6.45) is 8.93. The predicted octanol–water partition coefficient (Wildman–Crippen LogP) is 3.73. The van der Waals surface area contributed by atoms with Crippen LogP contribution in [-0.4, -0.2) is 4.98 Å². The molecule has 1 aliphatic carbocycles. The molecule has 1 fully saturated rings. The van der Waals surface area contributed by atoms with Gasteiger partial charge in [0.05, 0.1) is 10.7 Å². The minimum atomic E-state index is 0.653. The topological polar surface area (TPSA) is 38.9 Å². The molecule has 3 heteroatoms. The predicted molar refractivity (Wildman–Crippen MR) is 66.3 cm³/mol. The van der Waals surface area contributed by atoms with Crippen LogP contribution in [0.3, 0.4) is 0 Å². The summed E-state index contributed by atoms with van der Waals surface area (Å²) in [5.41, 5.74) is 7.27. The van der Waals surface area contributed by atoms with E-state index in [-0.39, 0.29) is 0 Å². The minimum absolute atomic E-state index is 0.653. The van der Waals surface area contributed by atoms with Crippen molar-refractivity contribution in [3.05, 3.63) is 10.7 Å². The average Bonchev–Trinajstić information content (AvgIpc) is 2.61. The monoisotopic (exact) mass is 224 g/mol. The number of aryl methyl sites for hydroxylation is 1. The Kier molecular flexibility index (Phi) is 3.62. The van der Waals surface area contributed by atoms with E-state index in [0.717, 1.165) is 17.8 Å². The van der Waals surface area contributed by atoms with Gasteiger partial charge in [0, 0.05) is 5.92 Å². The molecule has 0 radical (unpaired) electrons. The second-order valence-corrected chi connectivity index (χ2v) is 5.56. The number of nitrogens with two attached hydrogens (primary N) is 1. The van der Waals surface area contributed by atoms with Crippen molar-refractivity contribution in [2.75, 3.05) is 5.73 Å². The van der Waals surface area contributed by atoms with Crippen molar-refractivity contribution in [3.63, 3.8) is 0 Å². The first-order valence-corrected chi connectivity index (χ1v) is 6.88. The molecule has 1 heterocycles. The Balaban J connectivity index is 2.11. The fraction of sp³-hybridized carbons (Fsp3) is 0.750. The SMILES string of the molecule is CCCc1nc(C2CCCCC2)c(N)s1. The third-order valence-electron chi connectivity index (χ3n) is 3.18. The minimum Gasteiger partial charge on any atom is -0.389 e. The lowest BCUT2D eigenvalue weighted by atomic mass is 9.87. The maximum Gasteiger partial charge on any atom is 0.110 e. The van der Waals surface area contributed by atoms with Gasteiger partial charge in [0.2, 0.25) is 0 Å². The molecule has 2 rings (SSSR count). The van der Waals surface area contributed by atoms with Gasteiger partial charge in [-0.15, -0.1) is 11.3 Å². The second-order valence-electron chi connectivity index (χ2n) is 4.44. The second kappa shape index (κ2) is 4.97. The summed E-state index contributed by atoms with van der Waals surface area (Å²) in [6, 6.07) is 0. The summed E-state index contributed by atoms with van der Waals surface area (Å²) >= 11 is 1.70. The summed E-state index contributed by atoms with van der Waals surface area (Å²) in [5, 5.41) is 2.21. The summed E-state index contributed by atoms with van der Waals surface area (Å²) in [4.78, 5) is 4.72. The lowest BCUT2D eigenvalue weighted by Crippen LogP contribution is -2.06. The van der Waals surface area contributed by atoms with Gasteiger partial charge in [0.15, 0.2) is 0 Å². The van der Waals surface area contributed by atoms with Crippen molar-refractivity contribution in [2.24, 2.45) is 0 Å². The van der Waals surface area contributed by atoms with Crippen LogP contribution in [0.25, 0.3) is 0 Å². The van der Waals surface area contributed by atoms with Crippen LogP contribution < -0.4 is 5.73 Å². The van der Waals surface area contributed by atoms with Crippen molar-refractivity contribution in [3.8, 4) is 0 Å². The highest BCUT2D eigenvalue weighted by Gasteiger charge is 2.21. The number of nitrogen functional groups attached to an aromatic ring is 1. The van der Waals surface area contributed by atoms with E-state index in [9.17, 15) is 0 Å². The van der Waals surface area contributed by atoms with E-state index in [1.54, 1.807) is 11.3 Å². The molecule has 0 saturated heterocycles. The van der Waals surface area contributed by atoms with Gasteiger partial charge in [-0.3, -0.25) is 0 Å². The molecule has 1 saturated carbocycles. The molecule has 0 aromatic carbocycles. The molecule has 0 bridgehead atoms. The molecule has 15 heavy (non-hydrogen) atoms. The van der Waals surface area contributed by atoms with E-state index in [2.05, 4.69) is 6.92 Å². The molecule has 0 atom stereocenters. The number of aromatic nitrogens is 1. The van der Waals surface area contributed by atoms with E-state index >= 15 is 0 Å². The standard InChI is InChI=1S/C12H20N2S/c1-2-6-10-14-11(12(13)15-10)9-7-4-3-5-8-9/h9H,2-8,13H2,1H3. The number of anilines is 1. The quantitative estimate of drug-likeness (QED) is 0.849. The van der Waals surface area contributed by atoms with Crippen molar-refractivity contribution in [1.82, 2.24) is 4.98 Å². The third kappa shape index (κ3) is 2.51. The molecule has 0 unspecified atom stereocenters. The van der Waals surface area contributed by atoms with Crippen LogP contribution in [0, 0.1) is 0 Å². The fourth-order valence-electron chi connectivity index (χ4n) is 2.38. The first kappa shape index (κ1) is 10.9. The van der Waals surface area contributed by atoms with Gasteiger partial charge in [-0.05, 0) is 25.7 Å². The molecule has 0 spiro atoms. The van der Waals surface area contributed by atoms with Crippen LogP contribution in [0.5, 0.6) is 0 Å². The molecule has 2 nitrogen and oxygen atoms in total. The first-order chi connectivity index (χ1) is 7.31. The number of nitrogens with zero attached hydrogens (tertiary/aromatic N) is 1. The smallest absolute Gasteiger partial charge is 0.110 e. The lowest BCUT2D eigenvalue weighted by molar-refractivity contribution is 0.438. The van der Waals surface area contributed by atoms with Crippen LogP contribution in [-0.2, 0) is 6.42 Å². The number of hydrogen-bond acceptors (Lipinski definition) is 3.